The number of hydrogen-bond acceptors (Lipinski definition) is 2. The molecule has 2 nitrogen and oxygen atoms in total. The van der Waals surface area contributed by atoms with Crippen molar-refractivity contribution in [3.8, 4) is 0 Å². The Bertz CT molecular complexity index is 86.6. The van der Waals surface area contributed by atoms with Crippen molar-refractivity contribution in [3.63, 3.8) is 0 Å². The first-order valence-corrected chi connectivity index (χ1v) is 4.65. The molecule has 0 amide bonds. The van der Waals surface area contributed by atoms with Gasteiger partial charge in [0.25, 0.3) is 0 Å². The second-order valence-corrected chi connectivity index (χ2v) is 3.75. The van der Waals surface area contributed by atoms with Crippen molar-refractivity contribution in [1.29, 1.82) is 0 Å². The van der Waals surface area contributed by atoms with Crippen LogP contribution in [0.5, 0.6) is 0 Å². The fourth-order valence-corrected chi connectivity index (χ4v) is 0.231. The third-order valence-electron chi connectivity index (χ3n) is 0.839. The first kappa shape index (κ1) is 13.7. The molecule has 0 aromatic carbocycles. The largest absolute Gasteiger partial charge is 0.379 e. The smallest absolute Gasteiger partial charge is 0.120 e. The number of hydrogen-bond donors (Lipinski definition) is 0. The Morgan fingerprint density at radius 3 is 1.82 bits per heavy atom. The monoisotopic (exact) mass is 224 g/mol. The van der Waals surface area contributed by atoms with Crippen molar-refractivity contribution in [2.75, 3.05) is 12.4 Å². The standard InChI is InChI=1S/C5H12O.C3H5BrO/c1-5(2,3)6-4;4-2-1-3-5/h1-4H3;3H,1-2H2. The summed E-state index contributed by atoms with van der Waals surface area (Å²) in [7, 11) is 1.71. The van der Waals surface area contributed by atoms with Crippen LogP contribution in [0.1, 0.15) is 27.2 Å². The SMILES string of the molecule is COC(C)(C)C.O=CCCBr. The molecule has 3 heteroatoms. The van der Waals surface area contributed by atoms with E-state index in [4.69, 9.17) is 4.74 Å². The van der Waals surface area contributed by atoms with E-state index in [-0.39, 0.29) is 5.60 Å². The van der Waals surface area contributed by atoms with Crippen LogP contribution in [-0.2, 0) is 9.53 Å². The lowest BCUT2D eigenvalue weighted by Crippen LogP contribution is -2.15. The van der Waals surface area contributed by atoms with Gasteiger partial charge in [-0.1, -0.05) is 15.9 Å². The first-order valence-electron chi connectivity index (χ1n) is 3.52. The second kappa shape index (κ2) is 8.21. The van der Waals surface area contributed by atoms with E-state index in [1.165, 1.54) is 0 Å². The van der Waals surface area contributed by atoms with E-state index in [1.54, 1.807) is 7.11 Å². The molecule has 0 saturated heterocycles. The number of ether oxygens (including phenoxy) is 1. The maximum atomic E-state index is 9.37. The Kier molecular flexibility index (Phi) is 10.2. The van der Waals surface area contributed by atoms with Gasteiger partial charge in [0.05, 0.1) is 5.60 Å². The zero-order valence-corrected chi connectivity index (χ0v) is 9.27. The second-order valence-electron chi connectivity index (χ2n) is 2.96. The molecular formula is C8H17BrO2. The summed E-state index contributed by atoms with van der Waals surface area (Å²) in [6.45, 7) is 6.06. The van der Waals surface area contributed by atoms with Gasteiger partial charge in [-0.15, -0.1) is 0 Å². The highest BCUT2D eigenvalue weighted by Gasteiger charge is 2.03. The molecule has 0 aliphatic heterocycles. The maximum Gasteiger partial charge on any atom is 0.120 e. The number of carbonyl (C=O) groups excluding carboxylic acids is 1. The summed E-state index contributed by atoms with van der Waals surface area (Å²) in [6, 6.07) is 0. The molecule has 0 radical (unpaired) electrons. The van der Waals surface area contributed by atoms with Crippen LogP contribution in [0.2, 0.25) is 0 Å². The van der Waals surface area contributed by atoms with Crippen LogP contribution in [0.15, 0.2) is 0 Å². The molecule has 0 fully saturated rings. The molecule has 0 atom stereocenters. The molecular weight excluding hydrogens is 208 g/mol. The number of carbonyl (C=O) groups is 1. The topological polar surface area (TPSA) is 26.3 Å². The van der Waals surface area contributed by atoms with Crippen LogP contribution in [0.3, 0.4) is 0 Å². The number of alkyl halides is 1. The van der Waals surface area contributed by atoms with E-state index >= 15 is 0 Å². The summed E-state index contributed by atoms with van der Waals surface area (Å²) in [5.41, 5.74) is 0.0417. The predicted octanol–water partition coefficient (Wildman–Crippen LogP) is 2.40. The number of aldehydes is 1. The molecule has 0 N–H and O–H groups in total. The van der Waals surface area contributed by atoms with Crippen LogP contribution in [0, 0.1) is 0 Å². The van der Waals surface area contributed by atoms with Gasteiger partial charge in [-0.3, -0.25) is 0 Å². The van der Waals surface area contributed by atoms with E-state index in [2.05, 4.69) is 15.9 Å². The Morgan fingerprint density at radius 2 is 1.82 bits per heavy atom. The van der Waals surface area contributed by atoms with Crippen LogP contribution >= 0.6 is 15.9 Å². The van der Waals surface area contributed by atoms with Gasteiger partial charge in [0.2, 0.25) is 0 Å². The van der Waals surface area contributed by atoms with Crippen LogP contribution < -0.4 is 0 Å². The first-order chi connectivity index (χ1) is 4.97. The molecule has 0 spiro atoms. The third-order valence-corrected chi connectivity index (χ3v) is 1.30. The summed E-state index contributed by atoms with van der Waals surface area (Å²) in [5, 5.41) is 0.788. The summed E-state index contributed by atoms with van der Waals surface area (Å²) in [6.07, 6.45) is 1.51. The average molecular weight is 225 g/mol. The highest BCUT2D eigenvalue weighted by atomic mass is 79.9. The minimum atomic E-state index is 0.0417. The third kappa shape index (κ3) is 25.5. The summed E-state index contributed by atoms with van der Waals surface area (Å²) in [4.78, 5) is 9.37. The van der Waals surface area contributed by atoms with E-state index in [0.29, 0.717) is 6.42 Å². The summed E-state index contributed by atoms with van der Waals surface area (Å²) in [5.74, 6) is 0. The lowest BCUT2D eigenvalue weighted by atomic mass is 10.2. The molecule has 68 valence electrons. The van der Waals surface area contributed by atoms with Gasteiger partial charge in [0.15, 0.2) is 0 Å². The van der Waals surface area contributed by atoms with E-state index in [1.807, 2.05) is 20.8 Å². The zero-order chi connectivity index (χ0) is 9.33. The molecule has 0 aliphatic carbocycles. The molecule has 0 aromatic heterocycles. The normalized spacial score (nSPS) is 9.91. The van der Waals surface area contributed by atoms with Crippen molar-refractivity contribution in [2.24, 2.45) is 0 Å². The van der Waals surface area contributed by atoms with Gasteiger partial charge < -0.3 is 9.53 Å². The fourth-order valence-electron chi connectivity index (χ4n) is 0.0445. The van der Waals surface area contributed by atoms with Gasteiger partial charge in [-0.25, -0.2) is 0 Å². The van der Waals surface area contributed by atoms with Gasteiger partial charge in [-0.05, 0) is 20.8 Å². The molecule has 0 unspecified atom stereocenters. The minimum Gasteiger partial charge on any atom is -0.379 e. The molecule has 11 heavy (non-hydrogen) atoms. The highest BCUT2D eigenvalue weighted by Crippen LogP contribution is 2.02. The Balaban J connectivity index is 0. The average Bonchev–Trinajstić information content (AvgIpc) is 1.90. The van der Waals surface area contributed by atoms with Gasteiger partial charge >= 0.3 is 0 Å². The van der Waals surface area contributed by atoms with Crippen LogP contribution in [0.4, 0.5) is 0 Å². The van der Waals surface area contributed by atoms with Gasteiger partial charge in [0.1, 0.15) is 6.29 Å². The molecule has 0 heterocycles. The van der Waals surface area contributed by atoms with Gasteiger partial charge in [0, 0.05) is 18.9 Å². The summed E-state index contributed by atoms with van der Waals surface area (Å²) >= 11 is 3.08. The zero-order valence-electron chi connectivity index (χ0n) is 7.69. The van der Waals surface area contributed by atoms with Crippen molar-refractivity contribution in [1.82, 2.24) is 0 Å². The summed E-state index contributed by atoms with van der Waals surface area (Å²) < 4.78 is 4.94. The fraction of sp³-hybridized carbons (Fsp3) is 0.875. The molecule has 0 saturated carbocycles. The number of methoxy groups -OCH3 is 1. The van der Waals surface area contributed by atoms with Crippen molar-refractivity contribution in [2.45, 2.75) is 32.8 Å². The van der Waals surface area contributed by atoms with Crippen LogP contribution in [-0.4, -0.2) is 24.3 Å². The van der Waals surface area contributed by atoms with Crippen molar-refractivity contribution < 1.29 is 9.53 Å². The lowest BCUT2D eigenvalue weighted by molar-refractivity contribution is -0.107. The molecule has 0 bridgehead atoms. The Labute approximate surface area is 77.4 Å². The Morgan fingerprint density at radius 1 is 1.45 bits per heavy atom. The minimum absolute atomic E-state index is 0.0417. The quantitative estimate of drug-likeness (QED) is 0.532. The maximum absolute atomic E-state index is 9.37. The van der Waals surface area contributed by atoms with E-state index in [9.17, 15) is 4.79 Å². The van der Waals surface area contributed by atoms with E-state index in [0.717, 1.165) is 11.6 Å². The number of halogens is 1. The van der Waals surface area contributed by atoms with Gasteiger partial charge in [-0.2, -0.15) is 0 Å². The molecule has 0 rings (SSSR count). The van der Waals surface area contributed by atoms with Crippen molar-refractivity contribution >= 4 is 22.2 Å². The van der Waals surface area contributed by atoms with Crippen molar-refractivity contribution in [3.05, 3.63) is 0 Å². The highest BCUT2D eigenvalue weighted by molar-refractivity contribution is 9.09. The molecule has 0 aliphatic rings. The lowest BCUT2D eigenvalue weighted by Gasteiger charge is -2.14. The molecule has 0 aromatic rings. The Hall–Kier alpha value is 0.110. The van der Waals surface area contributed by atoms with Crippen LogP contribution in [0.25, 0.3) is 0 Å². The van der Waals surface area contributed by atoms with E-state index < -0.39 is 0 Å². The predicted molar refractivity (Wildman–Crippen MR) is 51.2 cm³/mol. The number of rotatable bonds is 2.